The average Bonchev–Trinajstić information content (AvgIpc) is 2.86. The van der Waals surface area contributed by atoms with Crippen molar-refractivity contribution in [3.8, 4) is 0 Å². The van der Waals surface area contributed by atoms with Crippen LogP contribution in [0.4, 0.5) is 5.69 Å². The molecular weight excluding hydrogens is 396 g/mol. The summed E-state index contributed by atoms with van der Waals surface area (Å²) in [6.45, 7) is 8.54. The third-order valence-corrected chi connectivity index (χ3v) is 6.94. The number of nitrogens with one attached hydrogen (secondary N) is 2. The molecule has 1 aliphatic rings. The molecule has 0 radical (unpaired) electrons. The van der Waals surface area contributed by atoms with Crippen LogP contribution in [0.25, 0.3) is 10.2 Å². The minimum atomic E-state index is -0.198. The minimum absolute atomic E-state index is 0.163. The first-order valence-electron chi connectivity index (χ1n) is 10.6. The van der Waals surface area contributed by atoms with Gasteiger partial charge in [-0.15, -0.1) is 11.3 Å². The molecule has 0 saturated carbocycles. The first-order valence-corrected chi connectivity index (χ1v) is 11.4. The van der Waals surface area contributed by atoms with Gasteiger partial charge >= 0.3 is 0 Å². The maximum absolute atomic E-state index is 12.9. The summed E-state index contributed by atoms with van der Waals surface area (Å²) in [6.07, 6.45) is 4.91. The zero-order valence-electron chi connectivity index (χ0n) is 17.8. The molecule has 0 spiro atoms. The first kappa shape index (κ1) is 20.8. The lowest BCUT2D eigenvalue weighted by atomic mass is 10.1. The number of aryl methyl sites for hydroxylation is 3. The van der Waals surface area contributed by atoms with Crippen molar-refractivity contribution in [1.82, 2.24) is 14.9 Å². The summed E-state index contributed by atoms with van der Waals surface area (Å²) in [5.74, 6) is 0.480. The number of benzene rings is 1. The summed E-state index contributed by atoms with van der Waals surface area (Å²) in [5.41, 5.74) is 3.47. The zero-order chi connectivity index (χ0) is 21.3. The van der Waals surface area contributed by atoms with E-state index in [2.05, 4.69) is 15.2 Å². The predicted octanol–water partition coefficient (Wildman–Crippen LogP) is 4.54. The molecule has 0 aliphatic carbocycles. The Labute approximate surface area is 180 Å². The number of amides is 1. The van der Waals surface area contributed by atoms with Gasteiger partial charge in [0, 0.05) is 5.69 Å². The van der Waals surface area contributed by atoms with Gasteiger partial charge in [-0.05, 0) is 63.9 Å². The van der Waals surface area contributed by atoms with Gasteiger partial charge < -0.3 is 10.3 Å². The highest BCUT2D eigenvalue weighted by Gasteiger charge is 2.20. The van der Waals surface area contributed by atoms with E-state index in [9.17, 15) is 9.59 Å². The molecule has 6 nitrogen and oxygen atoms in total. The Bertz CT molecular complexity index is 1140. The summed E-state index contributed by atoms with van der Waals surface area (Å²) < 4.78 is 0. The lowest BCUT2D eigenvalue weighted by Crippen LogP contribution is -2.26. The van der Waals surface area contributed by atoms with Crippen molar-refractivity contribution in [3.63, 3.8) is 0 Å². The van der Waals surface area contributed by atoms with Crippen molar-refractivity contribution in [2.24, 2.45) is 0 Å². The number of aromatic nitrogens is 2. The number of anilines is 1. The molecule has 1 saturated heterocycles. The Balaban J connectivity index is 1.61. The molecule has 0 bridgehead atoms. The van der Waals surface area contributed by atoms with Crippen molar-refractivity contribution in [2.45, 2.75) is 53.0 Å². The quantitative estimate of drug-likeness (QED) is 0.645. The molecule has 1 aromatic carbocycles. The number of carbonyl (C=O) groups is 1. The van der Waals surface area contributed by atoms with E-state index < -0.39 is 0 Å². The third kappa shape index (κ3) is 4.32. The van der Waals surface area contributed by atoms with E-state index >= 15 is 0 Å². The first-order chi connectivity index (χ1) is 14.4. The van der Waals surface area contributed by atoms with Crippen LogP contribution in [0.5, 0.6) is 0 Å². The molecule has 7 heteroatoms. The van der Waals surface area contributed by atoms with E-state index in [1.807, 2.05) is 39.0 Å². The fourth-order valence-corrected chi connectivity index (χ4v) is 5.21. The lowest BCUT2D eigenvalue weighted by molar-refractivity contribution is 0.103. The van der Waals surface area contributed by atoms with Crippen molar-refractivity contribution in [2.75, 3.05) is 18.4 Å². The average molecular weight is 425 g/mol. The van der Waals surface area contributed by atoms with E-state index in [0.717, 1.165) is 29.9 Å². The third-order valence-electron chi connectivity index (χ3n) is 5.76. The number of H-pyrrole nitrogens is 1. The van der Waals surface area contributed by atoms with Gasteiger partial charge in [0.25, 0.3) is 11.5 Å². The topological polar surface area (TPSA) is 78.1 Å². The van der Waals surface area contributed by atoms with Crippen molar-refractivity contribution in [1.29, 1.82) is 0 Å². The highest BCUT2D eigenvalue weighted by Crippen LogP contribution is 2.28. The normalized spacial score (nSPS) is 15.3. The van der Waals surface area contributed by atoms with Gasteiger partial charge in [0.1, 0.15) is 10.7 Å². The minimum Gasteiger partial charge on any atom is -0.321 e. The number of aromatic amines is 1. The summed E-state index contributed by atoms with van der Waals surface area (Å²) >= 11 is 1.29. The monoisotopic (exact) mass is 424 g/mol. The number of fused-ring (bicyclic) bond motifs is 1. The van der Waals surface area contributed by atoms with E-state index in [1.165, 1.54) is 37.0 Å². The molecule has 158 valence electrons. The number of carbonyl (C=O) groups excluding carboxylic acids is 1. The fraction of sp³-hybridized carbons (Fsp3) is 0.435. The molecule has 3 aromatic rings. The summed E-state index contributed by atoms with van der Waals surface area (Å²) in [4.78, 5) is 36.9. The van der Waals surface area contributed by atoms with Gasteiger partial charge in [-0.1, -0.05) is 30.5 Å². The molecule has 2 N–H and O–H groups in total. The van der Waals surface area contributed by atoms with Crippen molar-refractivity contribution >= 4 is 33.1 Å². The number of hydrogen-bond acceptors (Lipinski definition) is 5. The molecule has 1 aliphatic heterocycles. The molecule has 1 amide bonds. The van der Waals surface area contributed by atoms with Crippen LogP contribution in [0.3, 0.4) is 0 Å². The Morgan fingerprint density at radius 3 is 2.60 bits per heavy atom. The second kappa shape index (κ2) is 8.70. The maximum atomic E-state index is 12.9. The van der Waals surface area contributed by atoms with Gasteiger partial charge in [0.15, 0.2) is 0 Å². The largest absolute Gasteiger partial charge is 0.321 e. The predicted molar refractivity (Wildman–Crippen MR) is 123 cm³/mol. The number of thiophene rings is 1. The van der Waals surface area contributed by atoms with Crippen LogP contribution in [0.2, 0.25) is 0 Å². The Hall–Kier alpha value is -2.51. The second-order valence-electron chi connectivity index (χ2n) is 8.21. The number of hydrogen-bond donors (Lipinski definition) is 2. The summed E-state index contributed by atoms with van der Waals surface area (Å²) in [6, 6.07) is 5.92. The number of rotatable bonds is 4. The Morgan fingerprint density at radius 2 is 1.90 bits per heavy atom. The maximum Gasteiger partial charge on any atom is 0.266 e. The van der Waals surface area contributed by atoms with Crippen molar-refractivity contribution < 1.29 is 4.79 Å². The highest BCUT2D eigenvalue weighted by atomic mass is 32.1. The molecule has 4 rings (SSSR count). The molecule has 0 atom stereocenters. The Kier molecular flexibility index (Phi) is 6.01. The van der Waals surface area contributed by atoms with Crippen LogP contribution in [0.15, 0.2) is 23.0 Å². The van der Waals surface area contributed by atoms with Crippen LogP contribution in [-0.2, 0) is 6.54 Å². The molecule has 2 aromatic heterocycles. The summed E-state index contributed by atoms with van der Waals surface area (Å²) in [5, 5.41) is 3.50. The smallest absolute Gasteiger partial charge is 0.266 e. The van der Waals surface area contributed by atoms with Crippen LogP contribution in [0.1, 0.15) is 57.9 Å². The van der Waals surface area contributed by atoms with Crippen LogP contribution in [0, 0.1) is 20.8 Å². The van der Waals surface area contributed by atoms with Crippen LogP contribution < -0.4 is 10.9 Å². The number of nitrogens with zero attached hydrogens (tertiary/aromatic N) is 2. The zero-order valence-corrected chi connectivity index (χ0v) is 18.6. The molecular formula is C23H28N4O2S. The fourth-order valence-electron chi connectivity index (χ4n) is 4.12. The molecule has 30 heavy (non-hydrogen) atoms. The van der Waals surface area contributed by atoms with Crippen LogP contribution in [-0.4, -0.2) is 33.9 Å². The lowest BCUT2D eigenvalue weighted by Gasteiger charge is -2.18. The number of likely N-dealkylation sites (tertiary alicyclic amines) is 1. The molecule has 0 unspecified atom stereocenters. The second-order valence-corrected chi connectivity index (χ2v) is 9.21. The Morgan fingerprint density at radius 1 is 1.17 bits per heavy atom. The van der Waals surface area contributed by atoms with E-state index in [-0.39, 0.29) is 11.5 Å². The van der Waals surface area contributed by atoms with E-state index in [0.29, 0.717) is 33.0 Å². The van der Waals surface area contributed by atoms with E-state index in [1.54, 1.807) is 0 Å². The SMILES string of the molecule is Cc1ccc(NC(=O)c2sc3nc(CN4CCCCCC4)[nH]c(=O)c3c2C)c(C)c1. The van der Waals surface area contributed by atoms with E-state index in [4.69, 9.17) is 4.98 Å². The van der Waals surface area contributed by atoms with Gasteiger partial charge in [-0.3, -0.25) is 14.5 Å². The molecule has 1 fully saturated rings. The van der Waals surface area contributed by atoms with Gasteiger partial charge in [0.05, 0.1) is 16.8 Å². The standard InChI is InChI=1S/C23H28N4O2S/c1-14-8-9-17(15(2)12-14)24-22(29)20-16(3)19-21(28)25-18(26-23(19)30-20)13-27-10-6-4-5-7-11-27/h8-9,12H,4-7,10-11,13H2,1-3H3,(H,24,29)(H,25,26,28). The summed E-state index contributed by atoms with van der Waals surface area (Å²) in [7, 11) is 0. The van der Waals surface area contributed by atoms with Crippen LogP contribution >= 0.6 is 11.3 Å². The molecule has 3 heterocycles. The highest BCUT2D eigenvalue weighted by molar-refractivity contribution is 7.20. The van der Waals surface area contributed by atoms with Gasteiger partial charge in [-0.2, -0.15) is 0 Å². The van der Waals surface area contributed by atoms with Crippen molar-refractivity contribution in [3.05, 3.63) is 55.9 Å². The van der Waals surface area contributed by atoms with Gasteiger partial charge in [0.2, 0.25) is 0 Å². The van der Waals surface area contributed by atoms with Gasteiger partial charge in [-0.25, -0.2) is 4.98 Å².